The number of aromatic nitrogens is 2. The summed E-state index contributed by atoms with van der Waals surface area (Å²) >= 11 is 0. The number of piperidine rings is 1. The van der Waals surface area contributed by atoms with Gasteiger partial charge in [-0.05, 0) is 74.0 Å². The average molecular weight is 471 g/mol. The van der Waals surface area contributed by atoms with Crippen molar-refractivity contribution >= 4 is 17.4 Å². The number of amides is 1. The number of aryl methyl sites for hydroxylation is 2. The summed E-state index contributed by atoms with van der Waals surface area (Å²) in [4.78, 5) is 29.9. The lowest BCUT2D eigenvalue weighted by molar-refractivity contribution is -0.117. The van der Waals surface area contributed by atoms with Gasteiger partial charge in [-0.3, -0.25) is 19.6 Å². The van der Waals surface area contributed by atoms with Crippen molar-refractivity contribution in [3.05, 3.63) is 83.2 Å². The van der Waals surface area contributed by atoms with Crippen molar-refractivity contribution in [2.24, 2.45) is 5.92 Å². The third-order valence-corrected chi connectivity index (χ3v) is 7.22. The van der Waals surface area contributed by atoms with E-state index in [0.29, 0.717) is 25.1 Å². The second-order valence-electron chi connectivity index (χ2n) is 9.97. The number of Topliss-reactive ketones (excluding diaryl/α,β-unsaturated/α-hetero) is 1. The SMILES string of the molecule is O=C(CC1CC(=O)N(c2ccc(CN3CCCCC3)cc2)C1)c1cc(CCc2ccccc2)[nH]n1. The third kappa shape index (κ3) is 6.06. The lowest BCUT2D eigenvalue weighted by Gasteiger charge is -2.26. The van der Waals surface area contributed by atoms with E-state index >= 15 is 0 Å². The highest BCUT2D eigenvalue weighted by atomic mass is 16.2. The summed E-state index contributed by atoms with van der Waals surface area (Å²) in [6.45, 7) is 3.91. The van der Waals surface area contributed by atoms with Crippen LogP contribution in [0.15, 0.2) is 60.7 Å². The van der Waals surface area contributed by atoms with Gasteiger partial charge in [-0.25, -0.2) is 0 Å². The van der Waals surface area contributed by atoms with Gasteiger partial charge < -0.3 is 4.90 Å². The molecule has 3 aromatic rings. The Bertz CT molecular complexity index is 1130. The molecule has 1 aromatic heterocycles. The molecular formula is C29H34N4O2. The predicted octanol–water partition coefficient (Wildman–Crippen LogP) is 4.81. The number of nitrogens with zero attached hydrogens (tertiary/aromatic N) is 3. The summed E-state index contributed by atoms with van der Waals surface area (Å²) in [5.41, 5.74) is 4.91. The summed E-state index contributed by atoms with van der Waals surface area (Å²) in [6, 6.07) is 20.5. The molecule has 3 heterocycles. The topological polar surface area (TPSA) is 69.3 Å². The smallest absolute Gasteiger partial charge is 0.227 e. The van der Waals surface area contributed by atoms with E-state index in [9.17, 15) is 9.59 Å². The fraction of sp³-hybridized carbons (Fsp3) is 0.414. The van der Waals surface area contributed by atoms with Gasteiger partial charge in [-0.2, -0.15) is 5.10 Å². The van der Waals surface area contributed by atoms with Crippen LogP contribution in [0.25, 0.3) is 0 Å². The predicted molar refractivity (Wildman–Crippen MR) is 137 cm³/mol. The molecule has 0 aliphatic carbocycles. The molecule has 182 valence electrons. The Balaban J connectivity index is 1.13. The molecule has 1 unspecified atom stereocenters. The fourth-order valence-corrected chi connectivity index (χ4v) is 5.25. The quantitative estimate of drug-likeness (QED) is 0.456. The molecule has 1 amide bonds. The van der Waals surface area contributed by atoms with E-state index in [1.807, 2.05) is 41.3 Å². The van der Waals surface area contributed by atoms with Crippen LogP contribution in [0.1, 0.15) is 59.4 Å². The molecule has 0 spiro atoms. The Morgan fingerprint density at radius 3 is 2.49 bits per heavy atom. The number of carbonyl (C=O) groups excluding carboxylic acids is 2. The van der Waals surface area contributed by atoms with E-state index in [1.165, 1.54) is 43.5 Å². The Morgan fingerprint density at radius 1 is 0.943 bits per heavy atom. The first-order chi connectivity index (χ1) is 17.1. The van der Waals surface area contributed by atoms with Crippen LogP contribution < -0.4 is 4.90 Å². The van der Waals surface area contributed by atoms with Crippen molar-refractivity contribution in [2.45, 2.75) is 51.5 Å². The number of nitrogens with one attached hydrogen (secondary N) is 1. The highest BCUT2D eigenvalue weighted by Crippen LogP contribution is 2.28. The van der Waals surface area contributed by atoms with Crippen molar-refractivity contribution in [3.8, 4) is 0 Å². The van der Waals surface area contributed by atoms with E-state index in [0.717, 1.165) is 30.8 Å². The molecule has 2 aliphatic heterocycles. The zero-order valence-corrected chi connectivity index (χ0v) is 20.3. The van der Waals surface area contributed by atoms with Crippen molar-refractivity contribution in [1.29, 1.82) is 0 Å². The number of hydrogen-bond donors (Lipinski definition) is 1. The molecule has 2 saturated heterocycles. The van der Waals surface area contributed by atoms with Crippen molar-refractivity contribution in [3.63, 3.8) is 0 Å². The minimum absolute atomic E-state index is 0.00346. The summed E-state index contributed by atoms with van der Waals surface area (Å²) in [5, 5.41) is 7.26. The molecule has 2 fully saturated rings. The summed E-state index contributed by atoms with van der Waals surface area (Å²) < 4.78 is 0. The Hall–Kier alpha value is -3.25. The second-order valence-corrected chi connectivity index (χ2v) is 9.97. The van der Waals surface area contributed by atoms with Gasteiger partial charge >= 0.3 is 0 Å². The standard InChI is InChI=1S/C29H34N4O2/c34-28(27-19-25(30-31-27)12-9-22-7-3-1-4-8-22)17-24-18-29(35)33(21-24)26-13-10-23(11-14-26)20-32-15-5-2-6-16-32/h1,3-4,7-8,10-11,13-14,19,24H,2,5-6,9,12,15-18,20-21H2,(H,30,31). The molecule has 0 saturated carbocycles. The number of anilines is 1. The van der Waals surface area contributed by atoms with Crippen LogP contribution in [-0.4, -0.2) is 46.4 Å². The first kappa shape index (κ1) is 23.5. The van der Waals surface area contributed by atoms with E-state index in [4.69, 9.17) is 0 Å². The highest BCUT2D eigenvalue weighted by molar-refractivity contribution is 5.98. The number of aromatic amines is 1. The highest BCUT2D eigenvalue weighted by Gasteiger charge is 2.32. The van der Waals surface area contributed by atoms with Gasteiger partial charge in [0, 0.05) is 37.3 Å². The average Bonchev–Trinajstić information content (AvgIpc) is 3.51. The molecule has 0 radical (unpaired) electrons. The van der Waals surface area contributed by atoms with Gasteiger partial charge in [0.15, 0.2) is 5.78 Å². The van der Waals surface area contributed by atoms with E-state index in [1.54, 1.807) is 0 Å². The summed E-state index contributed by atoms with van der Waals surface area (Å²) in [7, 11) is 0. The van der Waals surface area contributed by atoms with Crippen LogP contribution in [-0.2, 0) is 24.2 Å². The monoisotopic (exact) mass is 470 g/mol. The number of rotatable bonds is 9. The first-order valence-corrected chi connectivity index (χ1v) is 12.9. The van der Waals surface area contributed by atoms with Crippen LogP contribution >= 0.6 is 0 Å². The van der Waals surface area contributed by atoms with Gasteiger partial charge in [0.05, 0.1) is 0 Å². The normalized spacial score (nSPS) is 18.8. The van der Waals surface area contributed by atoms with Crippen LogP contribution in [0, 0.1) is 5.92 Å². The largest absolute Gasteiger partial charge is 0.312 e. The van der Waals surface area contributed by atoms with E-state index in [2.05, 4.69) is 39.4 Å². The van der Waals surface area contributed by atoms with Crippen molar-refractivity contribution < 1.29 is 9.59 Å². The zero-order chi connectivity index (χ0) is 24.0. The zero-order valence-electron chi connectivity index (χ0n) is 20.3. The van der Waals surface area contributed by atoms with E-state index < -0.39 is 0 Å². The lowest BCUT2D eigenvalue weighted by atomic mass is 10.00. The number of likely N-dealkylation sites (tertiary alicyclic amines) is 1. The number of ketones is 1. The van der Waals surface area contributed by atoms with Gasteiger partial charge in [0.25, 0.3) is 0 Å². The number of H-pyrrole nitrogens is 1. The maximum Gasteiger partial charge on any atom is 0.227 e. The van der Waals surface area contributed by atoms with Gasteiger partial charge in [0.2, 0.25) is 5.91 Å². The minimum Gasteiger partial charge on any atom is -0.312 e. The first-order valence-electron chi connectivity index (χ1n) is 12.9. The maximum absolute atomic E-state index is 12.9. The second kappa shape index (κ2) is 11.0. The molecule has 2 aliphatic rings. The molecule has 2 aromatic carbocycles. The van der Waals surface area contributed by atoms with Gasteiger partial charge in [-0.15, -0.1) is 0 Å². The molecule has 6 nitrogen and oxygen atoms in total. The number of hydrogen-bond acceptors (Lipinski definition) is 4. The van der Waals surface area contributed by atoms with Gasteiger partial charge in [0.1, 0.15) is 5.69 Å². The van der Waals surface area contributed by atoms with Crippen LogP contribution in [0.5, 0.6) is 0 Å². The summed E-state index contributed by atoms with van der Waals surface area (Å²) in [5.74, 6) is 0.119. The third-order valence-electron chi connectivity index (χ3n) is 7.22. The Morgan fingerprint density at radius 2 is 1.71 bits per heavy atom. The number of benzene rings is 2. The van der Waals surface area contributed by atoms with Crippen molar-refractivity contribution in [1.82, 2.24) is 15.1 Å². The maximum atomic E-state index is 12.9. The number of carbonyl (C=O) groups is 2. The molecule has 1 N–H and O–H groups in total. The molecule has 0 bridgehead atoms. The van der Waals surface area contributed by atoms with E-state index in [-0.39, 0.29) is 17.6 Å². The van der Waals surface area contributed by atoms with Crippen LogP contribution in [0.3, 0.4) is 0 Å². The minimum atomic E-state index is 0.00346. The van der Waals surface area contributed by atoms with Crippen LogP contribution in [0.4, 0.5) is 5.69 Å². The molecule has 35 heavy (non-hydrogen) atoms. The molecule has 5 rings (SSSR count). The Labute approximate surface area is 207 Å². The van der Waals surface area contributed by atoms with Crippen molar-refractivity contribution in [2.75, 3.05) is 24.5 Å². The van der Waals surface area contributed by atoms with Gasteiger partial charge in [-0.1, -0.05) is 48.9 Å². The summed E-state index contributed by atoms with van der Waals surface area (Å²) in [6.07, 6.45) is 6.38. The fourth-order valence-electron chi connectivity index (χ4n) is 5.25. The Kier molecular flexibility index (Phi) is 7.38. The lowest BCUT2D eigenvalue weighted by Crippen LogP contribution is -2.29. The molecule has 6 heteroatoms. The van der Waals surface area contributed by atoms with Crippen LogP contribution in [0.2, 0.25) is 0 Å². The molecular weight excluding hydrogens is 436 g/mol. The molecule has 1 atom stereocenters.